The third-order valence-corrected chi connectivity index (χ3v) is 4.65. The molecule has 3 rings (SSSR count). The number of urea groups is 1. The van der Waals surface area contributed by atoms with Crippen molar-refractivity contribution in [2.75, 3.05) is 23.3 Å². The summed E-state index contributed by atoms with van der Waals surface area (Å²) in [7, 11) is 0. The number of ether oxygens (including phenoxy) is 1. The van der Waals surface area contributed by atoms with Crippen LogP contribution in [0.1, 0.15) is 31.9 Å². The predicted octanol–water partition coefficient (Wildman–Crippen LogP) is 3.58. The van der Waals surface area contributed by atoms with Crippen LogP contribution in [-0.4, -0.2) is 36.3 Å². The molecule has 2 amide bonds. The Balaban J connectivity index is 1.53. The van der Waals surface area contributed by atoms with E-state index >= 15 is 0 Å². The number of carbonyl (C=O) groups excluding carboxylic acids is 1. The number of anilines is 2. The zero-order chi connectivity index (χ0) is 19.2. The van der Waals surface area contributed by atoms with Gasteiger partial charge in [0.15, 0.2) is 0 Å². The fourth-order valence-corrected chi connectivity index (χ4v) is 3.37. The van der Waals surface area contributed by atoms with Crippen LogP contribution in [0, 0.1) is 0 Å². The summed E-state index contributed by atoms with van der Waals surface area (Å²) in [6.07, 6.45) is 3.10. The average molecular weight is 368 g/mol. The molecular formula is C21H28N4O2. The summed E-state index contributed by atoms with van der Waals surface area (Å²) in [5.41, 5.74) is 2.93. The number of hydrogen-bond acceptors (Lipinski definition) is 4. The highest BCUT2D eigenvalue weighted by Crippen LogP contribution is 2.18. The molecular weight excluding hydrogens is 340 g/mol. The molecule has 0 aliphatic carbocycles. The van der Waals surface area contributed by atoms with Crippen LogP contribution < -0.4 is 15.5 Å². The third-order valence-electron chi connectivity index (χ3n) is 4.65. The molecule has 6 nitrogen and oxygen atoms in total. The number of morpholine rings is 1. The van der Waals surface area contributed by atoms with E-state index in [9.17, 15) is 4.79 Å². The summed E-state index contributed by atoms with van der Waals surface area (Å²) in [6, 6.07) is 11.6. The highest BCUT2D eigenvalue weighted by atomic mass is 16.5. The van der Waals surface area contributed by atoms with Gasteiger partial charge in [-0.05, 0) is 43.5 Å². The molecule has 0 radical (unpaired) electrons. The van der Waals surface area contributed by atoms with Crippen LogP contribution in [-0.2, 0) is 17.7 Å². The summed E-state index contributed by atoms with van der Waals surface area (Å²) in [5.74, 6) is 0.946. The first-order valence-electron chi connectivity index (χ1n) is 9.53. The Morgan fingerprint density at radius 1 is 1.19 bits per heavy atom. The molecule has 27 heavy (non-hydrogen) atoms. The second-order valence-corrected chi connectivity index (χ2v) is 7.01. The lowest BCUT2D eigenvalue weighted by atomic mass is 10.1. The van der Waals surface area contributed by atoms with E-state index in [1.54, 1.807) is 0 Å². The molecule has 1 aromatic heterocycles. The van der Waals surface area contributed by atoms with Gasteiger partial charge in [-0.25, -0.2) is 9.78 Å². The standard InChI is InChI=1S/C21H28N4O2/c1-4-18-7-5-6-8-19(18)24-21(26)23-12-17-9-10-20(22-11-17)25-13-15(2)27-16(3)14-25/h5-11,15-16H,4,12-14H2,1-3H3,(H2,23,24,26). The molecule has 0 saturated carbocycles. The highest BCUT2D eigenvalue weighted by Gasteiger charge is 2.22. The van der Waals surface area contributed by atoms with Gasteiger partial charge in [-0.2, -0.15) is 0 Å². The molecule has 2 atom stereocenters. The molecule has 2 heterocycles. The van der Waals surface area contributed by atoms with Crippen LogP contribution in [0.5, 0.6) is 0 Å². The van der Waals surface area contributed by atoms with Crippen molar-refractivity contribution in [3.63, 3.8) is 0 Å². The molecule has 144 valence electrons. The van der Waals surface area contributed by atoms with Crippen molar-refractivity contribution in [1.82, 2.24) is 10.3 Å². The van der Waals surface area contributed by atoms with Crippen LogP contribution in [0.2, 0.25) is 0 Å². The van der Waals surface area contributed by atoms with Crippen LogP contribution >= 0.6 is 0 Å². The summed E-state index contributed by atoms with van der Waals surface area (Å²) in [5, 5.41) is 5.80. The molecule has 2 unspecified atom stereocenters. The van der Waals surface area contributed by atoms with Crippen LogP contribution in [0.3, 0.4) is 0 Å². The average Bonchev–Trinajstić information content (AvgIpc) is 2.66. The summed E-state index contributed by atoms with van der Waals surface area (Å²) < 4.78 is 5.77. The van der Waals surface area contributed by atoms with Gasteiger partial charge in [-0.1, -0.05) is 31.2 Å². The molecule has 0 bridgehead atoms. The van der Waals surface area contributed by atoms with Crippen molar-refractivity contribution in [2.24, 2.45) is 0 Å². The number of pyridine rings is 1. The van der Waals surface area contributed by atoms with E-state index in [-0.39, 0.29) is 18.2 Å². The molecule has 1 aliphatic heterocycles. The van der Waals surface area contributed by atoms with Gasteiger partial charge < -0.3 is 20.3 Å². The van der Waals surface area contributed by atoms with Crippen molar-refractivity contribution in [2.45, 2.75) is 45.9 Å². The van der Waals surface area contributed by atoms with Crippen molar-refractivity contribution in [1.29, 1.82) is 0 Å². The Bertz CT molecular complexity index is 753. The Hall–Kier alpha value is -2.60. The Labute approximate surface area is 160 Å². The smallest absolute Gasteiger partial charge is 0.319 e. The molecule has 1 aliphatic rings. The summed E-state index contributed by atoms with van der Waals surface area (Å²) in [6.45, 7) is 8.35. The lowest BCUT2D eigenvalue weighted by molar-refractivity contribution is -0.00546. The van der Waals surface area contributed by atoms with Crippen molar-refractivity contribution in [3.8, 4) is 0 Å². The number of nitrogens with one attached hydrogen (secondary N) is 2. The number of para-hydroxylation sites is 1. The van der Waals surface area contributed by atoms with E-state index in [2.05, 4.69) is 41.3 Å². The highest BCUT2D eigenvalue weighted by molar-refractivity contribution is 5.90. The number of hydrogen-bond donors (Lipinski definition) is 2. The number of carbonyl (C=O) groups is 1. The number of nitrogens with zero attached hydrogens (tertiary/aromatic N) is 2. The Morgan fingerprint density at radius 3 is 2.59 bits per heavy atom. The van der Waals surface area contributed by atoms with E-state index < -0.39 is 0 Å². The number of rotatable bonds is 5. The second kappa shape index (κ2) is 8.86. The van der Waals surface area contributed by atoms with Gasteiger partial charge in [0.1, 0.15) is 5.82 Å². The lowest BCUT2D eigenvalue weighted by Gasteiger charge is -2.36. The number of aryl methyl sites for hydroxylation is 1. The van der Waals surface area contributed by atoms with Crippen LogP contribution in [0.4, 0.5) is 16.3 Å². The van der Waals surface area contributed by atoms with Gasteiger partial charge in [-0.15, -0.1) is 0 Å². The normalized spacial score (nSPS) is 19.6. The minimum Gasteiger partial charge on any atom is -0.372 e. The van der Waals surface area contributed by atoms with Crippen molar-refractivity contribution in [3.05, 3.63) is 53.7 Å². The monoisotopic (exact) mass is 368 g/mol. The first kappa shape index (κ1) is 19.2. The topological polar surface area (TPSA) is 66.5 Å². The van der Waals surface area contributed by atoms with Gasteiger partial charge >= 0.3 is 6.03 Å². The number of benzene rings is 1. The van der Waals surface area contributed by atoms with Crippen LogP contribution in [0.15, 0.2) is 42.6 Å². The first-order chi connectivity index (χ1) is 13.0. The van der Waals surface area contributed by atoms with E-state index in [1.807, 2.05) is 42.6 Å². The van der Waals surface area contributed by atoms with Crippen LogP contribution in [0.25, 0.3) is 0 Å². The van der Waals surface area contributed by atoms with E-state index in [0.717, 1.165) is 42.1 Å². The summed E-state index contributed by atoms with van der Waals surface area (Å²) in [4.78, 5) is 19.0. The van der Waals surface area contributed by atoms with E-state index in [4.69, 9.17) is 4.74 Å². The molecule has 1 aromatic carbocycles. The molecule has 1 saturated heterocycles. The lowest BCUT2D eigenvalue weighted by Crippen LogP contribution is -2.45. The zero-order valence-electron chi connectivity index (χ0n) is 16.2. The summed E-state index contributed by atoms with van der Waals surface area (Å²) >= 11 is 0. The molecule has 2 N–H and O–H groups in total. The van der Waals surface area contributed by atoms with Gasteiger partial charge in [-0.3, -0.25) is 0 Å². The maximum atomic E-state index is 12.2. The quantitative estimate of drug-likeness (QED) is 0.847. The van der Waals surface area contributed by atoms with Gasteiger partial charge in [0.05, 0.1) is 12.2 Å². The van der Waals surface area contributed by atoms with Gasteiger partial charge in [0.2, 0.25) is 0 Å². The van der Waals surface area contributed by atoms with E-state index in [1.165, 1.54) is 0 Å². The zero-order valence-corrected chi connectivity index (χ0v) is 16.2. The van der Waals surface area contributed by atoms with Crippen molar-refractivity contribution >= 4 is 17.5 Å². The fraction of sp³-hybridized carbons (Fsp3) is 0.429. The second-order valence-electron chi connectivity index (χ2n) is 7.01. The molecule has 6 heteroatoms. The maximum Gasteiger partial charge on any atom is 0.319 e. The maximum absolute atomic E-state index is 12.2. The predicted molar refractivity (Wildman–Crippen MR) is 108 cm³/mol. The largest absolute Gasteiger partial charge is 0.372 e. The minimum atomic E-state index is -0.212. The number of amides is 2. The first-order valence-corrected chi connectivity index (χ1v) is 9.53. The number of aromatic nitrogens is 1. The molecule has 1 fully saturated rings. The Kier molecular flexibility index (Phi) is 6.29. The Morgan fingerprint density at radius 2 is 1.93 bits per heavy atom. The molecule has 2 aromatic rings. The molecule has 0 spiro atoms. The van der Waals surface area contributed by atoms with Gasteiger partial charge in [0.25, 0.3) is 0 Å². The fourth-order valence-electron chi connectivity index (χ4n) is 3.37. The van der Waals surface area contributed by atoms with Crippen molar-refractivity contribution < 1.29 is 9.53 Å². The third kappa shape index (κ3) is 5.20. The minimum absolute atomic E-state index is 0.201. The van der Waals surface area contributed by atoms with E-state index in [0.29, 0.717) is 6.54 Å². The SMILES string of the molecule is CCc1ccccc1NC(=O)NCc1ccc(N2CC(C)OC(C)C2)nc1. The van der Waals surface area contributed by atoms with Gasteiger partial charge in [0, 0.05) is 31.5 Å².